The molecule has 0 atom stereocenters. The minimum Gasteiger partial charge on any atom is -0.497 e. The van der Waals surface area contributed by atoms with Gasteiger partial charge in [0, 0.05) is 6.07 Å². The summed E-state index contributed by atoms with van der Waals surface area (Å²) in [5.74, 6) is 0.532. The van der Waals surface area contributed by atoms with Gasteiger partial charge >= 0.3 is 0 Å². The number of rotatable bonds is 5. The predicted molar refractivity (Wildman–Crippen MR) is 77.5 cm³/mol. The first-order valence-corrected chi connectivity index (χ1v) is 8.30. The molecule has 2 aromatic rings. The first kappa shape index (κ1) is 13.9. The molecule has 1 aromatic carbocycles. The Morgan fingerprint density at radius 1 is 1.32 bits per heavy atom. The van der Waals surface area contributed by atoms with Crippen LogP contribution in [0.25, 0.3) is 0 Å². The second-order valence-electron chi connectivity index (χ2n) is 4.10. The fraction of sp³-hybridized carbons (Fsp3) is 0.231. The first-order chi connectivity index (χ1) is 9.03. The third-order valence-corrected chi connectivity index (χ3v) is 5.29. The highest BCUT2D eigenvalue weighted by atomic mass is 32.2. The molecular formula is C13H15NO3S2. The lowest BCUT2D eigenvalue weighted by molar-refractivity contribution is 0.413. The smallest absolute Gasteiger partial charge is 0.180 e. The summed E-state index contributed by atoms with van der Waals surface area (Å²) in [5.41, 5.74) is 7.03. The Bertz CT molecular complexity index is 649. The number of aryl methyl sites for hydroxylation is 1. The zero-order chi connectivity index (χ0) is 13.9. The Labute approximate surface area is 116 Å². The maximum absolute atomic E-state index is 12.3. The quantitative estimate of drug-likeness (QED) is 0.860. The minimum absolute atomic E-state index is 0.0428. The number of nitrogens with two attached hydrogens (primary N) is 1. The molecule has 0 bridgehead atoms. The fourth-order valence-electron chi connectivity index (χ4n) is 1.71. The Hall–Kier alpha value is -1.53. The van der Waals surface area contributed by atoms with Gasteiger partial charge in [0.25, 0.3) is 0 Å². The number of hydrogen-bond donors (Lipinski definition) is 1. The maximum Gasteiger partial charge on any atom is 0.180 e. The Morgan fingerprint density at radius 2 is 2.11 bits per heavy atom. The second-order valence-corrected chi connectivity index (χ2v) is 6.96. The average Bonchev–Trinajstić information content (AvgIpc) is 2.90. The highest BCUT2D eigenvalue weighted by Crippen LogP contribution is 2.25. The van der Waals surface area contributed by atoms with Gasteiger partial charge in [-0.05, 0) is 40.9 Å². The van der Waals surface area contributed by atoms with Crippen LogP contribution >= 0.6 is 11.3 Å². The molecule has 0 saturated heterocycles. The summed E-state index contributed by atoms with van der Waals surface area (Å²) in [6, 6.07) is 6.59. The summed E-state index contributed by atoms with van der Waals surface area (Å²) in [6.45, 7) is 0. The molecule has 4 nitrogen and oxygen atoms in total. The third-order valence-electron chi connectivity index (χ3n) is 2.80. The van der Waals surface area contributed by atoms with Gasteiger partial charge in [-0.15, -0.1) is 0 Å². The van der Waals surface area contributed by atoms with E-state index in [4.69, 9.17) is 10.5 Å². The fourth-order valence-corrected chi connectivity index (χ4v) is 3.86. The topological polar surface area (TPSA) is 69.4 Å². The summed E-state index contributed by atoms with van der Waals surface area (Å²) < 4.78 is 29.6. The predicted octanol–water partition coefficient (Wildman–Crippen LogP) is 2.36. The zero-order valence-electron chi connectivity index (χ0n) is 10.5. The lowest BCUT2D eigenvalue weighted by Crippen LogP contribution is -2.11. The number of hydrogen-bond acceptors (Lipinski definition) is 5. The minimum atomic E-state index is -3.40. The zero-order valence-corrected chi connectivity index (χ0v) is 12.1. The molecule has 0 radical (unpaired) electrons. The van der Waals surface area contributed by atoms with Crippen molar-refractivity contribution in [2.45, 2.75) is 11.3 Å². The molecule has 1 heterocycles. The van der Waals surface area contributed by atoms with Crippen LogP contribution in [0.2, 0.25) is 0 Å². The van der Waals surface area contributed by atoms with Crippen molar-refractivity contribution in [2.24, 2.45) is 0 Å². The number of anilines is 1. The first-order valence-electron chi connectivity index (χ1n) is 5.70. The normalized spacial score (nSPS) is 11.4. The van der Waals surface area contributed by atoms with Crippen molar-refractivity contribution >= 4 is 26.9 Å². The van der Waals surface area contributed by atoms with E-state index in [-0.39, 0.29) is 16.3 Å². The van der Waals surface area contributed by atoms with E-state index in [1.807, 2.05) is 16.8 Å². The molecule has 1 aromatic heterocycles. The van der Waals surface area contributed by atoms with Gasteiger partial charge in [-0.1, -0.05) is 0 Å². The van der Waals surface area contributed by atoms with Gasteiger partial charge in [0.1, 0.15) is 5.75 Å². The molecule has 0 saturated carbocycles. The van der Waals surface area contributed by atoms with Crippen molar-refractivity contribution in [3.05, 3.63) is 40.6 Å². The van der Waals surface area contributed by atoms with E-state index in [0.29, 0.717) is 12.2 Å². The van der Waals surface area contributed by atoms with Gasteiger partial charge in [0.15, 0.2) is 9.84 Å². The van der Waals surface area contributed by atoms with Gasteiger partial charge in [0.2, 0.25) is 0 Å². The van der Waals surface area contributed by atoms with E-state index in [2.05, 4.69) is 0 Å². The molecular weight excluding hydrogens is 282 g/mol. The van der Waals surface area contributed by atoms with Crippen LogP contribution in [0.1, 0.15) is 5.56 Å². The summed E-state index contributed by atoms with van der Waals surface area (Å²) in [7, 11) is -1.91. The Kier molecular flexibility index (Phi) is 4.11. The Morgan fingerprint density at radius 3 is 2.74 bits per heavy atom. The van der Waals surface area contributed by atoms with Crippen LogP contribution in [-0.2, 0) is 16.3 Å². The van der Waals surface area contributed by atoms with E-state index in [9.17, 15) is 8.42 Å². The van der Waals surface area contributed by atoms with Crippen LogP contribution in [0.3, 0.4) is 0 Å². The average molecular weight is 297 g/mol. The van der Waals surface area contributed by atoms with Crippen molar-refractivity contribution in [1.82, 2.24) is 0 Å². The molecule has 0 spiro atoms. The number of benzene rings is 1. The van der Waals surface area contributed by atoms with E-state index >= 15 is 0 Å². The lowest BCUT2D eigenvalue weighted by Gasteiger charge is -2.09. The molecule has 0 aliphatic rings. The van der Waals surface area contributed by atoms with Crippen LogP contribution in [-0.4, -0.2) is 21.3 Å². The van der Waals surface area contributed by atoms with E-state index in [1.54, 1.807) is 23.5 Å². The van der Waals surface area contributed by atoms with Crippen molar-refractivity contribution in [3.63, 3.8) is 0 Å². The summed E-state index contributed by atoms with van der Waals surface area (Å²) in [6.07, 6.45) is 0.489. The van der Waals surface area contributed by atoms with E-state index in [1.165, 1.54) is 13.2 Å². The Balaban J connectivity index is 2.23. The monoisotopic (exact) mass is 297 g/mol. The van der Waals surface area contributed by atoms with Crippen molar-refractivity contribution in [3.8, 4) is 5.75 Å². The molecule has 0 amide bonds. The van der Waals surface area contributed by atoms with Gasteiger partial charge in [-0.2, -0.15) is 11.3 Å². The van der Waals surface area contributed by atoms with Gasteiger partial charge in [-0.25, -0.2) is 8.42 Å². The molecule has 6 heteroatoms. The largest absolute Gasteiger partial charge is 0.497 e. The van der Waals surface area contributed by atoms with Crippen molar-refractivity contribution in [2.75, 3.05) is 18.6 Å². The van der Waals surface area contributed by atoms with Gasteiger partial charge in [-0.3, -0.25) is 0 Å². The molecule has 0 unspecified atom stereocenters. The molecule has 2 N–H and O–H groups in total. The number of methoxy groups -OCH3 is 1. The maximum atomic E-state index is 12.3. The van der Waals surface area contributed by atoms with Crippen LogP contribution in [0, 0.1) is 0 Å². The number of thiophene rings is 1. The lowest BCUT2D eigenvalue weighted by atomic mass is 10.3. The number of sulfone groups is 1. The van der Waals surface area contributed by atoms with Crippen molar-refractivity contribution in [1.29, 1.82) is 0 Å². The van der Waals surface area contributed by atoms with Crippen LogP contribution < -0.4 is 10.5 Å². The van der Waals surface area contributed by atoms with Crippen molar-refractivity contribution < 1.29 is 13.2 Å². The third kappa shape index (κ3) is 3.27. The highest BCUT2D eigenvalue weighted by Gasteiger charge is 2.18. The highest BCUT2D eigenvalue weighted by molar-refractivity contribution is 7.91. The summed E-state index contributed by atoms with van der Waals surface area (Å²) in [5, 5.41) is 3.88. The van der Waals surface area contributed by atoms with Gasteiger partial charge < -0.3 is 10.5 Å². The standard InChI is InChI=1S/C13H15NO3S2/c1-17-11-2-3-12(14)13(8-11)19(15,16)7-5-10-4-6-18-9-10/h2-4,6,8-9H,5,7,14H2,1H3. The van der Waals surface area contributed by atoms with Gasteiger partial charge in [0.05, 0.1) is 23.4 Å². The van der Waals surface area contributed by atoms with E-state index in [0.717, 1.165) is 5.56 Å². The molecule has 102 valence electrons. The van der Waals surface area contributed by atoms with Crippen LogP contribution in [0.5, 0.6) is 5.75 Å². The SMILES string of the molecule is COc1ccc(N)c(S(=O)(=O)CCc2ccsc2)c1. The molecule has 0 aliphatic heterocycles. The number of ether oxygens (including phenoxy) is 1. The van der Waals surface area contributed by atoms with E-state index < -0.39 is 9.84 Å². The molecule has 0 fully saturated rings. The van der Waals surface area contributed by atoms with Crippen LogP contribution in [0.15, 0.2) is 39.9 Å². The molecule has 0 aliphatic carbocycles. The summed E-state index contributed by atoms with van der Waals surface area (Å²) in [4.78, 5) is 0.141. The van der Waals surface area contributed by atoms with Crippen LogP contribution in [0.4, 0.5) is 5.69 Å². The molecule has 19 heavy (non-hydrogen) atoms. The second kappa shape index (κ2) is 5.63. The molecule has 2 rings (SSSR count). The number of nitrogen functional groups attached to an aromatic ring is 1. The summed E-state index contributed by atoms with van der Waals surface area (Å²) >= 11 is 1.56.